The van der Waals surface area contributed by atoms with Crippen molar-refractivity contribution in [3.63, 3.8) is 0 Å². The molecule has 2 aliphatic rings. The summed E-state index contributed by atoms with van der Waals surface area (Å²) in [6.45, 7) is 4.48. The monoisotopic (exact) mass is 294 g/mol. The van der Waals surface area contributed by atoms with Gasteiger partial charge in [-0.3, -0.25) is 9.69 Å². The average molecular weight is 294 g/mol. The lowest BCUT2D eigenvalue weighted by atomic mass is 10.2. The van der Waals surface area contributed by atoms with Gasteiger partial charge in [-0.15, -0.1) is 0 Å². The van der Waals surface area contributed by atoms with E-state index in [0.29, 0.717) is 24.8 Å². The predicted molar refractivity (Wildman–Crippen MR) is 74.6 cm³/mol. The third kappa shape index (κ3) is 3.59. The van der Waals surface area contributed by atoms with Crippen LogP contribution in [0.15, 0.2) is 4.52 Å². The first-order chi connectivity index (χ1) is 10.2. The van der Waals surface area contributed by atoms with E-state index in [0.717, 1.165) is 38.8 Å². The summed E-state index contributed by atoms with van der Waals surface area (Å²) >= 11 is 0. The minimum absolute atomic E-state index is 0.0395. The molecule has 1 amide bonds. The van der Waals surface area contributed by atoms with Crippen LogP contribution in [0.25, 0.3) is 0 Å². The van der Waals surface area contributed by atoms with Gasteiger partial charge < -0.3 is 14.6 Å². The molecule has 2 atom stereocenters. The lowest BCUT2D eigenvalue weighted by Crippen LogP contribution is -2.40. The topological polar surface area (TPSA) is 80.5 Å². The molecule has 7 heteroatoms. The maximum absolute atomic E-state index is 12.1. The van der Waals surface area contributed by atoms with Crippen LogP contribution in [0, 0.1) is 6.92 Å². The van der Waals surface area contributed by atoms with E-state index in [1.54, 1.807) is 6.92 Å². The summed E-state index contributed by atoms with van der Waals surface area (Å²) in [5.74, 6) is 1.30. The molecule has 2 aliphatic heterocycles. The van der Waals surface area contributed by atoms with Crippen molar-refractivity contribution in [2.24, 2.45) is 0 Å². The fourth-order valence-corrected chi connectivity index (χ4v) is 3.03. The first kappa shape index (κ1) is 14.5. The van der Waals surface area contributed by atoms with Crippen LogP contribution in [0.5, 0.6) is 0 Å². The Morgan fingerprint density at radius 3 is 3.05 bits per heavy atom. The number of aromatic nitrogens is 2. The first-order valence-corrected chi connectivity index (χ1v) is 7.65. The minimum atomic E-state index is 0.0395. The molecule has 0 saturated carbocycles. The molecule has 0 spiro atoms. The summed E-state index contributed by atoms with van der Waals surface area (Å²) in [5.41, 5.74) is 0. The van der Waals surface area contributed by atoms with Gasteiger partial charge in [0.05, 0.1) is 18.7 Å². The molecule has 0 radical (unpaired) electrons. The van der Waals surface area contributed by atoms with Crippen molar-refractivity contribution >= 4 is 5.91 Å². The van der Waals surface area contributed by atoms with E-state index in [9.17, 15) is 4.79 Å². The van der Waals surface area contributed by atoms with E-state index in [1.807, 2.05) is 0 Å². The molecule has 116 valence electrons. The largest absolute Gasteiger partial charge is 0.376 e. The zero-order valence-corrected chi connectivity index (χ0v) is 12.4. The quantitative estimate of drug-likeness (QED) is 0.865. The maximum Gasteiger partial charge on any atom is 0.234 e. The molecule has 0 aromatic carbocycles. The fraction of sp³-hybridized carbons (Fsp3) is 0.786. The lowest BCUT2D eigenvalue weighted by Gasteiger charge is -2.21. The zero-order valence-electron chi connectivity index (χ0n) is 12.4. The van der Waals surface area contributed by atoms with Crippen LogP contribution < -0.4 is 5.32 Å². The third-order valence-corrected chi connectivity index (χ3v) is 4.10. The van der Waals surface area contributed by atoms with E-state index >= 15 is 0 Å². The molecule has 0 aliphatic carbocycles. The van der Waals surface area contributed by atoms with E-state index < -0.39 is 0 Å². The number of hydrogen-bond acceptors (Lipinski definition) is 6. The second-order valence-electron chi connectivity index (χ2n) is 5.74. The Hall–Kier alpha value is -1.47. The number of hydrogen-bond donors (Lipinski definition) is 1. The van der Waals surface area contributed by atoms with Crippen LogP contribution in [0.2, 0.25) is 0 Å². The highest BCUT2D eigenvalue weighted by molar-refractivity contribution is 5.78. The molecule has 3 rings (SSSR count). The number of carbonyl (C=O) groups excluding carboxylic acids is 1. The van der Waals surface area contributed by atoms with Crippen molar-refractivity contribution < 1.29 is 14.1 Å². The minimum Gasteiger partial charge on any atom is -0.376 e. The smallest absolute Gasteiger partial charge is 0.234 e. The van der Waals surface area contributed by atoms with Gasteiger partial charge in [-0.25, -0.2) is 0 Å². The predicted octanol–water partition coefficient (Wildman–Crippen LogP) is 0.810. The lowest BCUT2D eigenvalue weighted by molar-refractivity contribution is -0.123. The Kier molecular flexibility index (Phi) is 4.50. The third-order valence-electron chi connectivity index (χ3n) is 4.10. The SMILES string of the molecule is Cc1nc([C@H]2CCCN2CC(=O)NC[C@H]2CCCO2)no1. The Morgan fingerprint density at radius 1 is 1.43 bits per heavy atom. The normalized spacial score (nSPS) is 26.3. The van der Waals surface area contributed by atoms with Crippen LogP contribution in [0.1, 0.15) is 43.4 Å². The zero-order chi connectivity index (χ0) is 14.7. The molecule has 7 nitrogen and oxygen atoms in total. The Balaban J connectivity index is 1.49. The number of amides is 1. The molecule has 1 aromatic heterocycles. The number of aryl methyl sites for hydroxylation is 1. The van der Waals surface area contributed by atoms with Crippen molar-refractivity contribution in [3.8, 4) is 0 Å². The van der Waals surface area contributed by atoms with E-state index in [1.165, 1.54) is 0 Å². The summed E-state index contributed by atoms with van der Waals surface area (Å²) in [4.78, 5) is 18.5. The van der Waals surface area contributed by atoms with Crippen LogP contribution in [-0.2, 0) is 9.53 Å². The Morgan fingerprint density at radius 2 is 2.33 bits per heavy atom. The summed E-state index contributed by atoms with van der Waals surface area (Å²) < 4.78 is 10.5. The van der Waals surface area contributed by atoms with Gasteiger partial charge >= 0.3 is 0 Å². The molecule has 1 N–H and O–H groups in total. The summed E-state index contributed by atoms with van der Waals surface area (Å²) in [6, 6.07) is 0.0935. The fourth-order valence-electron chi connectivity index (χ4n) is 3.03. The van der Waals surface area contributed by atoms with Gasteiger partial charge in [-0.05, 0) is 32.2 Å². The van der Waals surface area contributed by atoms with Gasteiger partial charge in [0.15, 0.2) is 5.82 Å². The summed E-state index contributed by atoms with van der Waals surface area (Å²) in [6.07, 6.45) is 4.33. The number of nitrogens with zero attached hydrogens (tertiary/aromatic N) is 3. The van der Waals surface area contributed by atoms with Gasteiger partial charge in [0.2, 0.25) is 11.8 Å². The highest BCUT2D eigenvalue weighted by Crippen LogP contribution is 2.29. The standard InChI is InChI=1S/C14H22N4O3/c1-10-16-14(17-21-10)12-5-2-6-18(12)9-13(19)15-8-11-4-3-7-20-11/h11-12H,2-9H2,1H3,(H,15,19)/t11-,12-/m1/s1. The van der Waals surface area contributed by atoms with E-state index in [4.69, 9.17) is 9.26 Å². The molecule has 0 unspecified atom stereocenters. The first-order valence-electron chi connectivity index (χ1n) is 7.65. The van der Waals surface area contributed by atoms with Crippen molar-refractivity contribution in [3.05, 3.63) is 11.7 Å². The van der Waals surface area contributed by atoms with Crippen molar-refractivity contribution in [1.82, 2.24) is 20.4 Å². The molecule has 2 fully saturated rings. The molecular weight excluding hydrogens is 272 g/mol. The number of rotatable bonds is 5. The highest BCUT2D eigenvalue weighted by atomic mass is 16.5. The second kappa shape index (κ2) is 6.53. The number of likely N-dealkylation sites (tertiary alicyclic amines) is 1. The van der Waals surface area contributed by atoms with Gasteiger partial charge in [0, 0.05) is 20.1 Å². The van der Waals surface area contributed by atoms with Gasteiger partial charge in [-0.2, -0.15) is 4.98 Å². The highest BCUT2D eigenvalue weighted by Gasteiger charge is 2.31. The van der Waals surface area contributed by atoms with Crippen LogP contribution >= 0.6 is 0 Å². The van der Waals surface area contributed by atoms with Gasteiger partial charge in [0.25, 0.3) is 0 Å². The van der Waals surface area contributed by atoms with Crippen molar-refractivity contribution in [2.75, 3.05) is 26.2 Å². The number of carbonyl (C=O) groups is 1. The van der Waals surface area contributed by atoms with Crippen molar-refractivity contribution in [1.29, 1.82) is 0 Å². The van der Waals surface area contributed by atoms with Gasteiger partial charge in [-0.1, -0.05) is 5.16 Å². The van der Waals surface area contributed by atoms with Crippen LogP contribution in [0.4, 0.5) is 0 Å². The average Bonchev–Trinajstić information content (AvgIpc) is 3.17. The molecular formula is C14H22N4O3. The number of ether oxygens (including phenoxy) is 1. The molecule has 21 heavy (non-hydrogen) atoms. The molecule has 0 bridgehead atoms. The van der Waals surface area contributed by atoms with Gasteiger partial charge in [0.1, 0.15) is 0 Å². The maximum atomic E-state index is 12.1. The molecule has 2 saturated heterocycles. The van der Waals surface area contributed by atoms with Crippen molar-refractivity contribution in [2.45, 2.75) is 44.8 Å². The Labute approximate surface area is 124 Å². The Bertz CT molecular complexity index is 484. The second-order valence-corrected chi connectivity index (χ2v) is 5.74. The van der Waals surface area contributed by atoms with Crippen LogP contribution in [-0.4, -0.2) is 53.3 Å². The molecule has 3 heterocycles. The van der Waals surface area contributed by atoms with Crippen LogP contribution in [0.3, 0.4) is 0 Å². The van der Waals surface area contributed by atoms with E-state index in [2.05, 4.69) is 20.4 Å². The summed E-state index contributed by atoms with van der Waals surface area (Å²) in [5, 5.41) is 6.94. The summed E-state index contributed by atoms with van der Waals surface area (Å²) in [7, 11) is 0. The van der Waals surface area contributed by atoms with E-state index in [-0.39, 0.29) is 18.1 Å². The number of nitrogens with one attached hydrogen (secondary N) is 1. The molecule has 1 aromatic rings.